The lowest BCUT2D eigenvalue weighted by atomic mass is 10.0. The molecule has 0 fully saturated rings. The number of hydrogen-bond acceptors (Lipinski definition) is 1. The van der Waals surface area contributed by atoms with Gasteiger partial charge < -0.3 is 13.6 Å². The van der Waals surface area contributed by atoms with Crippen LogP contribution in [0.25, 0.3) is 99.2 Å². The molecule has 52 heavy (non-hydrogen) atoms. The second-order valence-corrected chi connectivity index (χ2v) is 13.8. The van der Waals surface area contributed by atoms with Crippen LogP contribution in [0.3, 0.4) is 0 Å². The summed E-state index contributed by atoms with van der Waals surface area (Å²) >= 11 is 0. The van der Waals surface area contributed by atoms with Crippen molar-refractivity contribution in [1.29, 1.82) is 0 Å². The Morgan fingerprint density at radius 3 is 1.46 bits per heavy atom. The summed E-state index contributed by atoms with van der Waals surface area (Å²) in [4.78, 5) is 0. The molecule has 0 radical (unpaired) electrons. The fraction of sp³-hybridized carbons (Fsp3) is 0.0204. The second kappa shape index (κ2) is 11.1. The highest BCUT2D eigenvalue weighted by atomic mass is 16.3. The molecule has 0 saturated carbocycles. The summed E-state index contributed by atoms with van der Waals surface area (Å²) in [6, 6.07) is 63.7. The molecule has 244 valence electrons. The van der Waals surface area contributed by atoms with Crippen LogP contribution in [0, 0.1) is 6.92 Å². The summed E-state index contributed by atoms with van der Waals surface area (Å²) in [7, 11) is 0. The van der Waals surface area contributed by atoms with Crippen LogP contribution in [0.5, 0.6) is 0 Å². The Bertz CT molecular complexity index is 3170. The van der Waals surface area contributed by atoms with Gasteiger partial charge in [-0.05, 0) is 90.3 Å². The topological polar surface area (TPSA) is 23.0 Å². The van der Waals surface area contributed by atoms with Crippen LogP contribution >= 0.6 is 0 Å². The van der Waals surface area contributed by atoms with Crippen LogP contribution in [-0.4, -0.2) is 9.13 Å². The zero-order valence-electron chi connectivity index (χ0n) is 28.5. The number of aryl methyl sites for hydroxylation is 1. The van der Waals surface area contributed by atoms with E-state index < -0.39 is 0 Å². The highest BCUT2D eigenvalue weighted by Crippen LogP contribution is 2.40. The number of nitrogens with zero attached hydrogens (tertiary/aromatic N) is 2. The van der Waals surface area contributed by atoms with Crippen molar-refractivity contribution in [2.45, 2.75) is 6.92 Å². The van der Waals surface area contributed by atoms with Crippen molar-refractivity contribution in [2.75, 3.05) is 0 Å². The quantitative estimate of drug-likeness (QED) is 0.184. The van der Waals surface area contributed by atoms with E-state index >= 15 is 0 Å². The predicted octanol–water partition coefficient (Wildman–Crippen LogP) is 13.4. The number of fused-ring (bicyclic) bond motifs is 9. The van der Waals surface area contributed by atoms with Gasteiger partial charge in [-0.1, -0.05) is 115 Å². The average molecular weight is 665 g/mol. The number of hydrogen-bond donors (Lipinski definition) is 0. The van der Waals surface area contributed by atoms with Crippen molar-refractivity contribution in [1.82, 2.24) is 9.13 Å². The van der Waals surface area contributed by atoms with Gasteiger partial charge >= 0.3 is 0 Å². The van der Waals surface area contributed by atoms with Crippen LogP contribution in [0.2, 0.25) is 0 Å². The first-order valence-electron chi connectivity index (χ1n) is 17.8. The van der Waals surface area contributed by atoms with Gasteiger partial charge in [0.25, 0.3) is 0 Å². The van der Waals surface area contributed by atoms with Crippen molar-refractivity contribution in [3.8, 4) is 33.6 Å². The minimum atomic E-state index is 0.917. The third-order valence-corrected chi connectivity index (χ3v) is 10.8. The summed E-state index contributed by atoms with van der Waals surface area (Å²) in [5, 5.41) is 7.30. The Kier molecular flexibility index (Phi) is 6.17. The third kappa shape index (κ3) is 4.26. The molecule has 0 aliphatic carbocycles. The van der Waals surface area contributed by atoms with E-state index in [4.69, 9.17) is 4.42 Å². The first-order valence-corrected chi connectivity index (χ1v) is 17.8. The molecular weight excluding hydrogens is 633 g/mol. The smallest absolute Gasteiger partial charge is 0.143 e. The highest BCUT2D eigenvalue weighted by molar-refractivity contribution is 6.13. The maximum absolute atomic E-state index is 6.37. The van der Waals surface area contributed by atoms with E-state index in [1.54, 1.807) is 0 Å². The molecule has 0 amide bonds. The number of para-hydroxylation sites is 4. The minimum absolute atomic E-state index is 0.917. The molecule has 11 rings (SSSR count). The van der Waals surface area contributed by atoms with Gasteiger partial charge in [0, 0.05) is 49.3 Å². The first-order chi connectivity index (χ1) is 25.7. The molecule has 8 aromatic carbocycles. The third-order valence-electron chi connectivity index (χ3n) is 10.8. The highest BCUT2D eigenvalue weighted by Gasteiger charge is 2.17. The zero-order chi connectivity index (χ0) is 34.3. The zero-order valence-corrected chi connectivity index (χ0v) is 28.5. The Morgan fingerprint density at radius 1 is 0.365 bits per heavy atom. The summed E-state index contributed by atoms with van der Waals surface area (Å²) in [5.41, 5.74) is 14.9. The largest absolute Gasteiger partial charge is 0.455 e. The monoisotopic (exact) mass is 664 g/mol. The molecule has 3 nitrogen and oxygen atoms in total. The first kappa shape index (κ1) is 28.9. The van der Waals surface area contributed by atoms with E-state index in [0.29, 0.717) is 0 Å². The Hall–Kier alpha value is -6.84. The van der Waals surface area contributed by atoms with Gasteiger partial charge in [-0.25, -0.2) is 0 Å². The molecule has 0 N–H and O–H groups in total. The van der Waals surface area contributed by atoms with Crippen molar-refractivity contribution < 1.29 is 4.42 Å². The van der Waals surface area contributed by atoms with Crippen LogP contribution in [-0.2, 0) is 0 Å². The van der Waals surface area contributed by atoms with E-state index in [1.165, 1.54) is 66.0 Å². The second-order valence-electron chi connectivity index (χ2n) is 13.8. The Balaban J connectivity index is 1.03. The molecule has 0 spiro atoms. The molecule has 0 aliphatic heterocycles. The van der Waals surface area contributed by atoms with Crippen molar-refractivity contribution in [2.24, 2.45) is 0 Å². The van der Waals surface area contributed by atoms with Gasteiger partial charge in [0.15, 0.2) is 0 Å². The molecule has 0 aliphatic rings. The molecule has 3 aromatic heterocycles. The van der Waals surface area contributed by atoms with E-state index in [0.717, 1.165) is 38.8 Å². The lowest BCUT2D eigenvalue weighted by Gasteiger charge is -2.10. The van der Waals surface area contributed by atoms with Gasteiger partial charge in [-0.3, -0.25) is 0 Å². The van der Waals surface area contributed by atoms with Crippen molar-refractivity contribution in [3.05, 3.63) is 181 Å². The predicted molar refractivity (Wildman–Crippen MR) is 218 cm³/mol. The van der Waals surface area contributed by atoms with Gasteiger partial charge in [-0.15, -0.1) is 0 Å². The van der Waals surface area contributed by atoms with Gasteiger partial charge in [0.1, 0.15) is 11.2 Å². The van der Waals surface area contributed by atoms with Crippen molar-refractivity contribution in [3.63, 3.8) is 0 Å². The lowest BCUT2D eigenvalue weighted by Crippen LogP contribution is -1.94. The molecule has 0 unspecified atom stereocenters. The molecular formula is C49H32N2O. The molecule has 11 aromatic rings. The van der Waals surface area contributed by atoms with E-state index in [1.807, 2.05) is 12.1 Å². The van der Waals surface area contributed by atoms with Crippen LogP contribution < -0.4 is 0 Å². The van der Waals surface area contributed by atoms with Gasteiger partial charge in [-0.2, -0.15) is 0 Å². The van der Waals surface area contributed by atoms with Gasteiger partial charge in [0.05, 0.1) is 22.1 Å². The number of benzene rings is 8. The number of furan rings is 1. The van der Waals surface area contributed by atoms with E-state index in [9.17, 15) is 0 Å². The maximum Gasteiger partial charge on any atom is 0.143 e. The molecule has 0 saturated heterocycles. The van der Waals surface area contributed by atoms with Gasteiger partial charge in [0.2, 0.25) is 0 Å². The number of aromatic nitrogens is 2. The summed E-state index contributed by atoms with van der Waals surface area (Å²) < 4.78 is 11.1. The maximum atomic E-state index is 6.37. The van der Waals surface area contributed by atoms with Crippen LogP contribution in [0.4, 0.5) is 0 Å². The Labute approximate surface area is 300 Å². The molecule has 0 atom stereocenters. The molecule has 3 heterocycles. The summed E-state index contributed by atoms with van der Waals surface area (Å²) in [6.45, 7) is 2.14. The van der Waals surface area contributed by atoms with Crippen LogP contribution in [0.1, 0.15) is 5.56 Å². The van der Waals surface area contributed by atoms with Crippen LogP contribution in [0.15, 0.2) is 180 Å². The SMILES string of the molecule is Cc1ccc(-n2c3ccccc3c3cc(-c4ccc5c(c4)c4ccccc4n5-c4ccc(-c5cccc6c5oc5ccccc56)cc4)ccc32)cc1. The molecule has 3 heteroatoms. The average Bonchev–Trinajstić information content (AvgIpc) is 3.86. The summed E-state index contributed by atoms with van der Waals surface area (Å²) in [5.74, 6) is 0. The van der Waals surface area contributed by atoms with E-state index in [-0.39, 0.29) is 0 Å². The van der Waals surface area contributed by atoms with E-state index in [2.05, 4.69) is 180 Å². The fourth-order valence-corrected chi connectivity index (χ4v) is 8.32. The Morgan fingerprint density at radius 2 is 0.846 bits per heavy atom. The molecule has 0 bridgehead atoms. The minimum Gasteiger partial charge on any atom is -0.455 e. The summed E-state index contributed by atoms with van der Waals surface area (Å²) in [6.07, 6.45) is 0. The fourth-order valence-electron chi connectivity index (χ4n) is 8.32. The van der Waals surface area contributed by atoms with Crippen molar-refractivity contribution >= 4 is 65.6 Å². The number of rotatable bonds is 4. The standard InChI is InChI=1S/C49H32N2O/c1-31-17-23-35(24-18-31)50-44-14-5-2-9-38(44)42-29-33(21-27-46(42)50)34-22-28-47-43(30-34)39-10-3-6-15-45(39)51(47)36-25-19-32(20-26-36)37-12-8-13-41-40-11-4-7-16-48(40)52-49(37)41/h2-30H,1H3. The normalized spacial score (nSPS) is 11.9. The lowest BCUT2D eigenvalue weighted by molar-refractivity contribution is 0.670.